The van der Waals surface area contributed by atoms with Crippen LogP contribution in [0.5, 0.6) is 0 Å². The largest absolute Gasteiger partial charge is 0.481 e. The summed E-state index contributed by atoms with van der Waals surface area (Å²) < 4.78 is 26.1. The first-order valence-corrected chi connectivity index (χ1v) is 3.94. The Morgan fingerprint density at radius 3 is 1.71 bits per heavy atom. The molecule has 6 heteroatoms. The van der Waals surface area contributed by atoms with Crippen LogP contribution in [-0.2, 0) is 9.59 Å². The number of alkyl halides is 2. The van der Waals surface area contributed by atoms with Crippen LogP contribution in [0.1, 0.15) is 20.3 Å². The van der Waals surface area contributed by atoms with Crippen LogP contribution in [0.3, 0.4) is 0 Å². The zero-order valence-corrected chi connectivity index (χ0v) is 7.67. The van der Waals surface area contributed by atoms with Gasteiger partial charge in [0.05, 0.1) is 5.41 Å². The lowest BCUT2D eigenvalue weighted by molar-refractivity contribution is -0.275. The molecule has 0 aromatic rings. The van der Waals surface area contributed by atoms with Gasteiger partial charge in [0, 0.05) is 6.42 Å². The molecule has 0 aliphatic heterocycles. The first-order valence-electron chi connectivity index (χ1n) is 3.94. The highest BCUT2D eigenvalue weighted by Gasteiger charge is 2.79. The van der Waals surface area contributed by atoms with E-state index in [0.29, 0.717) is 0 Å². The van der Waals surface area contributed by atoms with Gasteiger partial charge in [-0.2, -0.15) is 0 Å². The highest BCUT2D eigenvalue weighted by Crippen LogP contribution is 2.65. The molecule has 0 spiro atoms. The quantitative estimate of drug-likeness (QED) is 0.715. The molecular formula is C8H10F2O4. The highest BCUT2D eigenvalue weighted by atomic mass is 19.3. The molecule has 1 rings (SSSR count). The van der Waals surface area contributed by atoms with E-state index in [2.05, 4.69) is 0 Å². The molecule has 1 fully saturated rings. The summed E-state index contributed by atoms with van der Waals surface area (Å²) in [6.45, 7) is 1.80. The predicted octanol–water partition coefficient (Wildman–Crippen LogP) is 1.21. The Morgan fingerprint density at radius 2 is 1.57 bits per heavy atom. The fourth-order valence-electron chi connectivity index (χ4n) is 1.78. The number of aliphatic carboxylic acids is 2. The van der Waals surface area contributed by atoms with E-state index in [0.717, 1.165) is 13.8 Å². The average molecular weight is 208 g/mol. The summed E-state index contributed by atoms with van der Waals surface area (Å²) in [5.41, 5.74) is -4.42. The van der Waals surface area contributed by atoms with E-state index >= 15 is 0 Å². The third-order valence-corrected chi connectivity index (χ3v) is 3.31. The lowest BCUT2D eigenvalue weighted by Crippen LogP contribution is -2.70. The van der Waals surface area contributed by atoms with Gasteiger partial charge >= 0.3 is 11.9 Å². The molecule has 0 bridgehead atoms. The van der Waals surface area contributed by atoms with Gasteiger partial charge in [-0.1, -0.05) is 0 Å². The van der Waals surface area contributed by atoms with E-state index in [4.69, 9.17) is 10.2 Å². The van der Waals surface area contributed by atoms with Crippen molar-refractivity contribution in [2.24, 2.45) is 10.8 Å². The number of halogens is 2. The summed E-state index contributed by atoms with van der Waals surface area (Å²) in [5.74, 6) is -6.75. The van der Waals surface area contributed by atoms with Crippen molar-refractivity contribution < 1.29 is 28.6 Å². The Balaban J connectivity index is 3.21. The lowest BCUT2D eigenvalue weighted by Gasteiger charge is -2.55. The fraction of sp³-hybridized carbons (Fsp3) is 0.750. The number of carboxylic acid groups (broad SMARTS) is 2. The summed E-state index contributed by atoms with van der Waals surface area (Å²) in [5, 5.41) is 17.4. The molecular weight excluding hydrogens is 198 g/mol. The van der Waals surface area contributed by atoms with Crippen molar-refractivity contribution in [2.45, 2.75) is 26.2 Å². The smallest absolute Gasteiger partial charge is 0.316 e. The molecule has 80 valence electrons. The van der Waals surface area contributed by atoms with Crippen molar-refractivity contribution >= 4 is 11.9 Å². The lowest BCUT2D eigenvalue weighted by atomic mass is 9.48. The maximum absolute atomic E-state index is 13.0. The number of hydrogen-bond donors (Lipinski definition) is 2. The van der Waals surface area contributed by atoms with Gasteiger partial charge in [-0.05, 0) is 13.8 Å². The molecule has 2 atom stereocenters. The molecule has 1 saturated carbocycles. The molecule has 0 amide bonds. The number of rotatable bonds is 2. The van der Waals surface area contributed by atoms with Gasteiger partial charge in [-0.3, -0.25) is 9.59 Å². The molecule has 4 nitrogen and oxygen atoms in total. The number of carboxylic acids is 2. The molecule has 0 aromatic carbocycles. The zero-order chi connectivity index (χ0) is 11.4. The second kappa shape index (κ2) is 2.43. The van der Waals surface area contributed by atoms with Gasteiger partial charge in [-0.25, -0.2) is 8.78 Å². The fourth-order valence-corrected chi connectivity index (χ4v) is 1.78. The van der Waals surface area contributed by atoms with Crippen molar-refractivity contribution in [3.8, 4) is 0 Å². The summed E-state index contributed by atoms with van der Waals surface area (Å²) in [6, 6.07) is 0. The molecule has 0 aromatic heterocycles. The average Bonchev–Trinajstić information content (AvgIpc) is 2.00. The summed E-state index contributed by atoms with van der Waals surface area (Å²) in [7, 11) is 0. The van der Waals surface area contributed by atoms with E-state index in [1.165, 1.54) is 0 Å². The van der Waals surface area contributed by atoms with Crippen molar-refractivity contribution in [1.82, 2.24) is 0 Å². The van der Waals surface area contributed by atoms with Crippen molar-refractivity contribution in [3.63, 3.8) is 0 Å². The van der Waals surface area contributed by atoms with Crippen LogP contribution in [0.25, 0.3) is 0 Å². The number of hydrogen-bond acceptors (Lipinski definition) is 2. The van der Waals surface area contributed by atoms with Crippen LogP contribution < -0.4 is 0 Å². The number of carbonyl (C=O) groups is 2. The Morgan fingerprint density at radius 1 is 1.14 bits per heavy atom. The van der Waals surface area contributed by atoms with Crippen molar-refractivity contribution in [3.05, 3.63) is 0 Å². The monoisotopic (exact) mass is 208 g/mol. The van der Waals surface area contributed by atoms with Gasteiger partial charge < -0.3 is 10.2 Å². The van der Waals surface area contributed by atoms with Crippen LogP contribution in [0, 0.1) is 10.8 Å². The topological polar surface area (TPSA) is 74.6 Å². The van der Waals surface area contributed by atoms with Crippen LogP contribution in [-0.4, -0.2) is 28.1 Å². The van der Waals surface area contributed by atoms with Crippen LogP contribution in [0.2, 0.25) is 0 Å². The minimum absolute atomic E-state index is 0.771. The molecule has 1 aliphatic rings. The Kier molecular flexibility index (Phi) is 1.89. The van der Waals surface area contributed by atoms with Crippen LogP contribution >= 0.6 is 0 Å². The Hall–Kier alpha value is -1.20. The van der Waals surface area contributed by atoms with Crippen LogP contribution in [0.4, 0.5) is 8.78 Å². The second-order valence-corrected chi connectivity index (χ2v) is 3.95. The van der Waals surface area contributed by atoms with E-state index in [9.17, 15) is 18.4 Å². The SMILES string of the molecule is CC1(C(=O)O)CC(F)(F)C1(C)C(=O)O. The van der Waals surface area contributed by atoms with Crippen LogP contribution in [0.15, 0.2) is 0 Å². The van der Waals surface area contributed by atoms with Gasteiger partial charge in [0.25, 0.3) is 5.92 Å². The van der Waals surface area contributed by atoms with E-state index < -0.39 is 35.1 Å². The second-order valence-electron chi connectivity index (χ2n) is 3.95. The third-order valence-electron chi connectivity index (χ3n) is 3.31. The van der Waals surface area contributed by atoms with Gasteiger partial charge in [0.15, 0.2) is 0 Å². The summed E-state index contributed by atoms with van der Waals surface area (Å²) >= 11 is 0. The maximum atomic E-state index is 13.0. The molecule has 2 N–H and O–H groups in total. The van der Waals surface area contributed by atoms with E-state index in [-0.39, 0.29) is 0 Å². The molecule has 0 heterocycles. The molecule has 0 saturated heterocycles. The van der Waals surface area contributed by atoms with Crippen molar-refractivity contribution in [1.29, 1.82) is 0 Å². The normalized spacial score (nSPS) is 40.0. The first kappa shape index (κ1) is 10.9. The molecule has 2 unspecified atom stereocenters. The minimum Gasteiger partial charge on any atom is -0.481 e. The minimum atomic E-state index is -3.47. The van der Waals surface area contributed by atoms with E-state index in [1.807, 2.05) is 0 Å². The standard InChI is InChI=1S/C8H10F2O4/c1-6(4(11)12)3-8(9,10)7(6,2)5(13)14/h3H2,1-2H3,(H,11,12)(H,13,14). The van der Waals surface area contributed by atoms with Gasteiger partial charge in [-0.15, -0.1) is 0 Å². The zero-order valence-electron chi connectivity index (χ0n) is 7.67. The predicted molar refractivity (Wildman–Crippen MR) is 41.0 cm³/mol. The van der Waals surface area contributed by atoms with E-state index in [1.54, 1.807) is 0 Å². The van der Waals surface area contributed by atoms with Gasteiger partial charge in [0.2, 0.25) is 0 Å². The van der Waals surface area contributed by atoms with Crippen molar-refractivity contribution in [2.75, 3.05) is 0 Å². The van der Waals surface area contributed by atoms with Gasteiger partial charge in [0.1, 0.15) is 5.41 Å². The Labute approximate surface area is 78.5 Å². The Bertz CT molecular complexity index is 314. The molecule has 0 radical (unpaired) electrons. The molecule has 14 heavy (non-hydrogen) atoms. The third kappa shape index (κ3) is 0.856. The maximum Gasteiger partial charge on any atom is 0.316 e. The first-order chi connectivity index (χ1) is 6.09. The highest BCUT2D eigenvalue weighted by molar-refractivity contribution is 5.89. The summed E-state index contributed by atoms with van der Waals surface area (Å²) in [6.07, 6.45) is -0.932. The molecule has 1 aliphatic carbocycles. The summed E-state index contributed by atoms with van der Waals surface area (Å²) in [4.78, 5) is 21.4.